The average molecular weight is 474 g/mol. The zero-order chi connectivity index (χ0) is 22.7. The van der Waals surface area contributed by atoms with Gasteiger partial charge in [-0.2, -0.15) is 15.2 Å². The zero-order valence-corrected chi connectivity index (χ0v) is 19.1. The SMILES string of the molecule is c1n[nH]c(Nc2ncc(SCC3CCC(n4cc(-c5ncnc6[nH]ccc56)cn4)CC3)cn2)n1. The zero-order valence-electron chi connectivity index (χ0n) is 18.3. The van der Waals surface area contributed by atoms with Crippen LogP contribution >= 0.6 is 11.8 Å². The van der Waals surface area contributed by atoms with Gasteiger partial charge < -0.3 is 4.98 Å². The summed E-state index contributed by atoms with van der Waals surface area (Å²) in [6.07, 6.45) is 17.3. The van der Waals surface area contributed by atoms with Crippen molar-refractivity contribution in [3.8, 4) is 11.3 Å². The van der Waals surface area contributed by atoms with Crippen LogP contribution in [0.3, 0.4) is 0 Å². The Hall–Kier alpha value is -3.80. The number of anilines is 2. The quantitative estimate of drug-likeness (QED) is 0.299. The van der Waals surface area contributed by atoms with E-state index in [9.17, 15) is 0 Å². The number of fused-ring (bicyclic) bond motifs is 1. The van der Waals surface area contributed by atoms with Gasteiger partial charge in [-0.05, 0) is 37.7 Å². The topological polar surface area (TPSA) is 139 Å². The minimum Gasteiger partial charge on any atom is -0.346 e. The Labute approximate surface area is 199 Å². The van der Waals surface area contributed by atoms with E-state index in [0.717, 1.165) is 45.8 Å². The van der Waals surface area contributed by atoms with Crippen molar-refractivity contribution in [1.82, 2.24) is 49.9 Å². The lowest BCUT2D eigenvalue weighted by Crippen LogP contribution is -2.19. The highest BCUT2D eigenvalue weighted by atomic mass is 32.2. The fourth-order valence-electron chi connectivity index (χ4n) is 4.38. The lowest BCUT2D eigenvalue weighted by Gasteiger charge is -2.28. The lowest BCUT2D eigenvalue weighted by molar-refractivity contribution is 0.277. The maximum Gasteiger partial charge on any atom is 0.229 e. The molecule has 12 heteroatoms. The van der Waals surface area contributed by atoms with E-state index in [1.54, 1.807) is 6.33 Å². The third-order valence-electron chi connectivity index (χ3n) is 6.18. The molecule has 5 aromatic heterocycles. The Morgan fingerprint density at radius 2 is 1.88 bits per heavy atom. The number of hydrogen-bond donors (Lipinski definition) is 3. The van der Waals surface area contributed by atoms with Crippen LogP contribution in [0.1, 0.15) is 31.7 Å². The Balaban J connectivity index is 1.02. The van der Waals surface area contributed by atoms with Crippen LogP contribution in [0.25, 0.3) is 22.3 Å². The number of aromatic amines is 2. The molecule has 0 amide bonds. The summed E-state index contributed by atoms with van der Waals surface area (Å²) < 4.78 is 2.12. The highest BCUT2D eigenvalue weighted by Gasteiger charge is 2.23. The second-order valence-corrected chi connectivity index (χ2v) is 9.45. The molecule has 0 atom stereocenters. The first-order valence-electron chi connectivity index (χ1n) is 11.2. The van der Waals surface area contributed by atoms with Crippen molar-refractivity contribution in [1.29, 1.82) is 0 Å². The molecule has 6 rings (SSSR count). The van der Waals surface area contributed by atoms with Gasteiger partial charge >= 0.3 is 0 Å². The van der Waals surface area contributed by atoms with Gasteiger partial charge in [0, 0.05) is 46.4 Å². The van der Waals surface area contributed by atoms with Crippen LogP contribution < -0.4 is 5.32 Å². The molecule has 1 saturated carbocycles. The molecule has 5 aromatic rings. The van der Waals surface area contributed by atoms with Crippen LogP contribution in [-0.4, -0.2) is 55.6 Å². The molecule has 3 N–H and O–H groups in total. The summed E-state index contributed by atoms with van der Waals surface area (Å²) in [4.78, 5) is 25.7. The first-order valence-corrected chi connectivity index (χ1v) is 12.2. The van der Waals surface area contributed by atoms with Gasteiger partial charge in [0.05, 0.1) is 17.9 Å². The highest BCUT2D eigenvalue weighted by molar-refractivity contribution is 7.99. The minimum absolute atomic E-state index is 0.434. The minimum atomic E-state index is 0.434. The van der Waals surface area contributed by atoms with Crippen molar-refractivity contribution in [2.75, 3.05) is 11.1 Å². The lowest BCUT2D eigenvalue weighted by atomic mass is 9.87. The van der Waals surface area contributed by atoms with Crippen molar-refractivity contribution in [3.05, 3.63) is 49.7 Å². The molecule has 0 aromatic carbocycles. The summed E-state index contributed by atoms with van der Waals surface area (Å²) in [6.45, 7) is 0. The molecule has 0 bridgehead atoms. The molecular formula is C22H23N11S. The molecule has 1 aliphatic carbocycles. The maximum absolute atomic E-state index is 4.67. The predicted octanol–water partition coefficient (Wildman–Crippen LogP) is 4.00. The molecule has 0 saturated heterocycles. The van der Waals surface area contributed by atoms with E-state index in [1.165, 1.54) is 19.2 Å². The van der Waals surface area contributed by atoms with Crippen LogP contribution in [0, 0.1) is 5.92 Å². The van der Waals surface area contributed by atoms with Gasteiger partial charge in [-0.3, -0.25) is 10.00 Å². The van der Waals surface area contributed by atoms with E-state index >= 15 is 0 Å². The second kappa shape index (κ2) is 9.21. The molecule has 0 unspecified atom stereocenters. The third kappa shape index (κ3) is 4.36. The van der Waals surface area contributed by atoms with Crippen molar-refractivity contribution in [3.63, 3.8) is 0 Å². The Kier molecular flexibility index (Phi) is 5.63. The van der Waals surface area contributed by atoms with Gasteiger partial charge in [0.2, 0.25) is 11.9 Å². The Bertz CT molecular complexity index is 1350. The van der Waals surface area contributed by atoms with Crippen molar-refractivity contribution < 1.29 is 0 Å². The van der Waals surface area contributed by atoms with Crippen LogP contribution in [0.5, 0.6) is 0 Å². The van der Waals surface area contributed by atoms with E-state index in [1.807, 2.05) is 42.6 Å². The number of rotatable bonds is 7. The molecule has 0 spiro atoms. The summed E-state index contributed by atoms with van der Waals surface area (Å²) in [7, 11) is 0. The van der Waals surface area contributed by atoms with E-state index in [-0.39, 0.29) is 0 Å². The predicted molar refractivity (Wildman–Crippen MR) is 129 cm³/mol. The number of aromatic nitrogens is 10. The van der Waals surface area contributed by atoms with Gasteiger partial charge in [-0.15, -0.1) is 11.8 Å². The van der Waals surface area contributed by atoms with Gasteiger partial charge in [0.15, 0.2) is 0 Å². The fourth-order valence-corrected chi connectivity index (χ4v) is 5.40. The summed E-state index contributed by atoms with van der Waals surface area (Å²) in [6, 6.07) is 2.44. The van der Waals surface area contributed by atoms with E-state index < -0.39 is 0 Å². The highest BCUT2D eigenvalue weighted by Crippen LogP contribution is 2.36. The van der Waals surface area contributed by atoms with Crippen LogP contribution in [-0.2, 0) is 0 Å². The summed E-state index contributed by atoms with van der Waals surface area (Å²) in [5.41, 5.74) is 2.81. The molecule has 34 heavy (non-hydrogen) atoms. The van der Waals surface area contributed by atoms with Crippen molar-refractivity contribution >= 4 is 34.7 Å². The molecule has 0 aliphatic heterocycles. The van der Waals surface area contributed by atoms with Crippen molar-refractivity contribution in [2.24, 2.45) is 5.92 Å². The van der Waals surface area contributed by atoms with Crippen molar-refractivity contribution in [2.45, 2.75) is 36.6 Å². The van der Waals surface area contributed by atoms with E-state index in [0.29, 0.717) is 23.9 Å². The number of nitrogens with zero attached hydrogens (tertiary/aromatic N) is 8. The van der Waals surface area contributed by atoms with Gasteiger partial charge in [0.1, 0.15) is 18.3 Å². The third-order valence-corrected chi connectivity index (χ3v) is 7.36. The first-order chi connectivity index (χ1) is 16.8. The van der Waals surface area contributed by atoms with E-state index in [4.69, 9.17) is 0 Å². The van der Waals surface area contributed by atoms with E-state index in [2.05, 4.69) is 61.4 Å². The van der Waals surface area contributed by atoms with Gasteiger partial charge in [-0.25, -0.2) is 25.0 Å². The fraction of sp³-hybridized carbons (Fsp3) is 0.318. The smallest absolute Gasteiger partial charge is 0.229 e. The van der Waals surface area contributed by atoms with Crippen LogP contribution in [0.2, 0.25) is 0 Å². The molecular weight excluding hydrogens is 450 g/mol. The summed E-state index contributed by atoms with van der Waals surface area (Å²) in [5, 5.41) is 15.2. The second-order valence-electron chi connectivity index (χ2n) is 8.36. The average Bonchev–Trinajstić information content (AvgIpc) is 3.66. The molecule has 172 valence electrons. The largest absolute Gasteiger partial charge is 0.346 e. The monoisotopic (exact) mass is 473 g/mol. The molecule has 1 fully saturated rings. The number of H-pyrrole nitrogens is 2. The normalized spacial score (nSPS) is 18.4. The molecule has 0 radical (unpaired) electrons. The Morgan fingerprint density at radius 1 is 1.00 bits per heavy atom. The van der Waals surface area contributed by atoms with Crippen LogP contribution in [0.4, 0.5) is 11.9 Å². The number of nitrogens with one attached hydrogen (secondary N) is 3. The summed E-state index contributed by atoms with van der Waals surface area (Å²) >= 11 is 1.82. The Morgan fingerprint density at radius 3 is 2.71 bits per heavy atom. The first kappa shape index (κ1) is 20.8. The van der Waals surface area contributed by atoms with Crippen LogP contribution in [0.15, 0.2) is 54.6 Å². The standard InChI is InChI=1S/C22H23N11S/c1-3-16(33-10-15(7-30-33)19-18-5-6-23-20(18)27-12-26-19)4-2-14(1)11-34-17-8-24-21(25-9-17)31-22-28-13-29-32-22/h5-10,12-14,16H,1-4,11H2,(H,23,26,27)(H2,24,25,28,29,31,32). The maximum atomic E-state index is 4.67. The number of hydrogen-bond acceptors (Lipinski definition) is 9. The molecule has 11 nitrogen and oxygen atoms in total. The van der Waals surface area contributed by atoms with Gasteiger partial charge in [0.25, 0.3) is 0 Å². The number of thioether (sulfide) groups is 1. The van der Waals surface area contributed by atoms with Gasteiger partial charge in [-0.1, -0.05) is 0 Å². The summed E-state index contributed by atoms with van der Waals surface area (Å²) in [5.74, 6) is 2.78. The molecule has 1 aliphatic rings. The molecule has 5 heterocycles.